The van der Waals surface area contributed by atoms with Gasteiger partial charge in [-0.3, -0.25) is 0 Å². The van der Waals surface area contributed by atoms with Crippen molar-refractivity contribution < 1.29 is 13.2 Å². The first-order valence-electron chi connectivity index (χ1n) is 11.4. The number of benzene rings is 4. The number of nitrogens with zero attached hydrogens (tertiary/aromatic N) is 1. The number of fused-ring (bicyclic) bond motifs is 2. The van der Waals surface area contributed by atoms with Gasteiger partial charge in [0.25, 0.3) is 10.0 Å². The summed E-state index contributed by atoms with van der Waals surface area (Å²) >= 11 is 6.10. The molecule has 0 aliphatic rings. The van der Waals surface area contributed by atoms with Gasteiger partial charge in [0.15, 0.2) is 0 Å². The molecule has 6 nitrogen and oxygen atoms in total. The van der Waals surface area contributed by atoms with Crippen LogP contribution in [0.4, 0.5) is 10.5 Å². The van der Waals surface area contributed by atoms with Crippen LogP contribution in [0.1, 0.15) is 16.8 Å². The molecule has 5 rings (SSSR count). The Hall–Kier alpha value is -4.20. The number of carbonyl (C=O) groups is 1. The predicted molar refractivity (Wildman–Crippen MR) is 150 cm³/mol. The van der Waals surface area contributed by atoms with Crippen LogP contribution in [-0.2, 0) is 10.0 Å². The molecule has 4 aromatic carbocycles. The molecule has 0 aliphatic carbocycles. The predicted octanol–water partition coefficient (Wildman–Crippen LogP) is 7.03. The summed E-state index contributed by atoms with van der Waals surface area (Å²) < 4.78 is 27.0. The first-order chi connectivity index (χ1) is 17.8. The highest BCUT2D eigenvalue weighted by Gasteiger charge is 2.17. The zero-order valence-electron chi connectivity index (χ0n) is 19.8. The van der Waals surface area contributed by atoms with Gasteiger partial charge < -0.3 is 5.32 Å². The van der Waals surface area contributed by atoms with Crippen LogP contribution >= 0.6 is 11.6 Å². The lowest BCUT2D eigenvalue weighted by molar-refractivity contribution is 0.256. The monoisotopic (exact) mass is 527 g/mol. The molecule has 184 valence electrons. The average molecular weight is 528 g/mol. The van der Waals surface area contributed by atoms with Crippen LogP contribution in [-0.4, -0.2) is 19.4 Å². The number of amides is 2. The Balaban J connectivity index is 1.34. The fourth-order valence-electron chi connectivity index (χ4n) is 3.96. The van der Waals surface area contributed by atoms with Crippen LogP contribution < -0.4 is 10.0 Å². The summed E-state index contributed by atoms with van der Waals surface area (Å²) in [4.78, 5) is 17.1. The number of rotatable bonds is 5. The summed E-state index contributed by atoms with van der Waals surface area (Å²) in [6, 6.07) is 26.2. The van der Waals surface area contributed by atoms with Gasteiger partial charge in [-0.1, -0.05) is 71.8 Å². The summed E-state index contributed by atoms with van der Waals surface area (Å²) in [5.74, 6) is 0. The SMILES string of the molecule is Cc1ccc(S(=O)(=O)NC(=O)Nc2ccc3c(/C=C/c4ccc5ccc(Cl)cc5n4)cccc3c2)cc1. The molecule has 0 radical (unpaired) electrons. The van der Waals surface area contributed by atoms with Crippen LogP contribution in [0, 0.1) is 6.92 Å². The third kappa shape index (κ3) is 5.63. The Morgan fingerprint density at radius 1 is 0.865 bits per heavy atom. The van der Waals surface area contributed by atoms with E-state index in [1.807, 2.05) is 73.7 Å². The van der Waals surface area contributed by atoms with Gasteiger partial charge in [0, 0.05) is 16.1 Å². The van der Waals surface area contributed by atoms with Crippen molar-refractivity contribution >= 4 is 67.2 Å². The van der Waals surface area contributed by atoms with E-state index in [1.165, 1.54) is 12.1 Å². The second-order valence-corrected chi connectivity index (χ2v) is 10.7. The van der Waals surface area contributed by atoms with Gasteiger partial charge >= 0.3 is 6.03 Å². The van der Waals surface area contributed by atoms with Gasteiger partial charge in [0.05, 0.1) is 16.1 Å². The number of carbonyl (C=O) groups excluding carboxylic acids is 1. The first-order valence-corrected chi connectivity index (χ1v) is 13.3. The maximum absolute atomic E-state index is 12.5. The van der Waals surface area contributed by atoms with E-state index < -0.39 is 16.1 Å². The van der Waals surface area contributed by atoms with Crippen LogP contribution in [0.3, 0.4) is 0 Å². The van der Waals surface area contributed by atoms with Gasteiger partial charge in [-0.15, -0.1) is 0 Å². The number of pyridine rings is 1. The quantitative estimate of drug-likeness (QED) is 0.257. The van der Waals surface area contributed by atoms with E-state index in [0.717, 1.165) is 38.5 Å². The molecule has 1 heterocycles. The number of aryl methyl sites for hydroxylation is 1. The summed E-state index contributed by atoms with van der Waals surface area (Å²) in [5.41, 5.74) is 4.00. The van der Waals surface area contributed by atoms with E-state index in [2.05, 4.69) is 15.0 Å². The molecule has 0 saturated heterocycles. The van der Waals surface area contributed by atoms with Crippen molar-refractivity contribution in [2.75, 3.05) is 5.32 Å². The molecule has 5 aromatic rings. The van der Waals surface area contributed by atoms with E-state index >= 15 is 0 Å². The van der Waals surface area contributed by atoms with Crippen molar-refractivity contribution in [1.29, 1.82) is 0 Å². The maximum atomic E-state index is 12.5. The van der Waals surface area contributed by atoms with Crippen molar-refractivity contribution in [1.82, 2.24) is 9.71 Å². The second-order valence-electron chi connectivity index (χ2n) is 8.56. The van der Waals surface area contributed by atoms with Crippen molar-refractivity contribution in [2.45, 2.75) is 11.8 Å². The minimum absolute atomic E-state index is 0.0205. The molecule has 37 heavy (non-hydrogen) atoms. The highest BCUT2D eigenvalue weighted by atomic mass is 35.5. The van der Waals surface area contributed by atoms with Crippen LogP contribution in [0.2, 0.25) is 5.02 Å². The number of sulfonamides is 1. The maximum Gasteiger partial charge on any atom is 0.333 e. The number of urea groups is 1. The lowest BCUT2D eigenvalue weighted by atomic mass is 10.0. The Labute approximate surface area is 219 Å². The lowest BCUT2D eigenvalue weighted by Gasteiger charge is -2.10. The standard InChI is InChI=1S/C29H22ClN3O3S/c1-19-5-14-26(15-6-19)37(35,36)33-29(34)32-25-13-16-27-20(3-2-4-22(27)17-25)8-11-24-12-9-21-7-10-23(30)18-28(21)31-24/h2-18H,1H3,(H2,32,33,34)/b11-8+. The van der Waals surface area contributed by atoms with E-state index in [-0.39, 0.29) is 4.90 Å². The molecule has 1 aromatic heterocycles. The molecule has 0 unspecified atom stereocenters. The van der Waals surface area contributed by atoms with Gasteiger partial charge in [-0.2, -0.15) is 0 Å². The van der Waals surface area contributed by atoms with Gasteiger partial charge in [-0.05, 0) is 71.8 Å². The summed E-state index contributed by atoms with van der Waals surface area (Å²) in [5, 5.41) is 6.12. The summed E-state index contributed by atoms with van der Waals surface area (Å²) in [6.45, 7) is 1.86. The second kappa shape index (κ2) is 10.0. The fraction of sp³-hybridized carbons (Fsp3) is 0.0345. The molecule has 0 fully saturated rings. The highest BCUT2D eigenvalue weighted by Crippen LogP contribution is 2.25. The van der Waals surface area contributed by atoms with E-state index in [4.69, 9.17) is 11.6 Å². The number of hydrogen-bond donors (Lipinski definition) is 2. The van der Waals surface area contributed by atoms with E-state index in [0.29, 0.717) is 10.7 Å². The topological polar surface area (TPSA) is 88.2 Å². The third-order valence-corrected chi connectivity index (χ3v) is 7.42. The normalized spacial score (nSPS) is 11.7. The number of halogens is 1. The zero-order chi connectivity index (χ0) is 26.0. The van der Waals surface area contributed by atoms with Crippen LogP contribution in [0.5, 0.6) is 0 Å². The largest absolute Gasteiger partial charge is 0.333 e. The molecule has 0 bridgehead atoms. The Bertz CT molecular complexity index is 1780. The summed E-state index contributed by atoms with van der Waals surface area (Å²) in [6.07, 6.45) is 3.92. The lowest BCUT2D eigenvalue weighted by Crippen LogP contribution is -2.34. The Morgan fingerprint density at radius 3 is 2.46 bits per heavy atom. The smallest absolute Gasteiger partial charge is 0.307 e. The van der Waals surface area contributed by atoms with Gasteiger partial charge in [0.2, 0.25) is 0 Å². The van der Waals surface area contributed by atoms with Crippen molar-refractivity contribution in [3.63, 3.8) is 0 Å². The first kappa shape index (κ1) is 24.5. The molecule has 0 aliphatic heterocycles. The summed E-state index contributed by atoms with van der Waals surface area (Å²) in [7, 11) is -3.98. The van der Waals surface area contributed by atoms with Crippen LogP contribution in [0.25, 0.3) is 33.8 Å². The molecule has 2 N–H and O–H groups in total. The molecular formula is C29H22ClN3O3S. The van der Waals surface area contributed by atoms with Gasteiger partial charge in [0.1, 0.15) is 0 Å². The minimum atomic E-state index is -3.98. The molecule has 0 saturated carbocycles. The Morgan fingerprint density at radius 2 is 1.65 bits per heavy atom. The van der Waals surface area contributed by atoms with Crippen molar-refractivity contribution in [2.24, 2.45) is 0 Å². The number of anilines is 1. The zero-order valence-corrected chi connectivity index (χ0v) is 21.3. The van der Waals surface area contributed by atoms with Crippen molar-refractivity contribution in [3.8, 4) is 0 Å². The fourth-order valence-corrected chi connectivity index (χ4v) is 5.03. The number of aromatic nitrogens is 1. The average Bonchev–Trinajstić information content (AvgIpc) is 2.87. The molecular weight excluding hydrogens is 506 g/mol. The minimum Gasteiger partial charge on any atom is -0.307 e. The van der Waals surface area contributed by atoms with Gasteiger partial charge in [-0.25, -0.2) is 22.9 Å². The third-order valence-electron chi connectivity index (χ3n) is 5.84. The highest BCUT2D eigenvalue weighted by molar-refractivity contribution is 7.90. The number of nitrogens with one attached hydrogen (secondary N) is 2. The molecule has 8 heteroatoms. The molecule has 0 spiro atoms. The Kier molecular flexibility index (Phi) is 6.65. The number of hydrogen-bond acceptors (Lipinski definition) is 4. The van der Waals surface area contributed by atoms with E-state index in [9.17, 15) is 13.2 Å². The van der Waals surface area contributed by atoms with E-state index in [1.54, 1.807) is 24.3 Å². The molecule has 0 atom stereocenters. The van der Waals surface area contributed by atoms with Crippen molar-refractivity contribution in [3.05, 3.63) is 113 Å². The molecule has 2 amide bonds. The van der Waals surface area contributed by atoms with Crippen LogP contribution in [0.15, 0.2) is 95.9 Å².